The van der Waals surface area contributed by atoms with Crippen molar-refractivity contribution in [1.82, 2.24) is 9.58 Å². The first-order chi connectivity index (χ1) is 14.2. The van der Waals surface area contributed by atoms with E-state index in [4.69, 9.17) is 4.74 Å². The molecule has 0 N–H and O–H groups in total. The molecule has 5 nitrogen and oxygen atoms in total. The molecule has 2 aromatic carbocycles. The molecule has 0 spiro atoms. The maximum Gasteiger partial charge on any atom is 0.258 e. The van der Waals surface area contributed by atoms with Gasteiger partial charge in [0.15, 0.2) is 0 Å². The van der Waals surface area contributed by atoms with E-state index in [1.54, 1.807) is 10.8 Å². The van der Waals surface area contributed by atoms with Crippen LogP contribution in [0.25, 0.3) is 10.9 Å². The highest BCUT2D eigenvalue weighted by Gasteiger charge is 2.33. The molecule has 2 unspecified atom stereocenters. The van der Waals surface area contributed by atoms with Gasteiger partial charge in [-0.1, -0.05) is 17.2 Å². The molecule has 0 radical (unpaired) electrons. The van der Waals surface area contributed by atoms with E-state index in [-0.39, 0.29) is 0 Å². The zero-order chi connectivity index (χ0) is 19.8. The Labute approximate surface area is 183 Å². The second kappa shape index (κ2) is 7.94. The number of isocyanates is 1. The molecule has 0 saturated carbocycles. The Balaban J connectivity index is 1.53. The second-order valence-electron chi connectivity index (χ2n) is 7.89. The summed E-state index contributed by atoms with van der Waals surface area (Å²) in [4.78, 5) is 13.6. The Morgan fingerprint density at radius 1 is 1.14 bits per heavy atom. The summed E-state index contributed by atoms with van der Waals surface area (Å²) in [6.07, 6.45) is 8.62. The van der Waals surface area contributed by atoms with E-state index < -0.39 is 0 Å². The minimum atomic E-state index is 0.479. The normalized spacial score (nSPS) is 21.7. The monoisotopic (exact) mass is 499 g/mol. The molecule has 0 bridgehead atoms. The number of hydrogen-bond acceptors (Lipinski definition) is 4. The molecule has 1 aromatic heterocycles. The number of aromatic nitrogens is 1. The number of piperidine rings is 1. The van der Waals surface area contributed by atoms with Crippen molar-refractivity contribution in [2.24, 2.45) is 5.10 Å². The van der Waals surface area contributed by atoms with Gasteiger partial charge in [-0.2, -0.15) is 0 Å². The van der Waals surface area contributed by atoms with Crippen LogP contribution in [0.3, 0.4) is 0 Å². The smallest absolute Gasteiger partial charge is 0.258 e. The second-order valence-corrected chi connectivity index (χ2v) is 9.05. The lowest BCUT2D eigenvalue weighted by molar-refractivity contribution is 0.181. The molecule has 2 aliphatic heterocycles. The molecule has 6 heteroatoms. The Hall–Kier alpha value is -2.15. The highest BCUT2D eigenvalue weighted by atomic mass is 127. The zero-order valence-corrected chi connectivity index (χ0v) is 18.2. The topological polar surface area (TPSA) is 46.8 Å². The molecule has 0 amide bonds. The summed E-state index contributed by atoms with van der Waals surface area (Å²) in [6, 6.07) is 14.7. The Kier molecular flexibility index (Phi) is 5.16. The molecule has 29 heavy (non-hydrogen) atoms. The van der Waals surface area contributed by atoms with E-state index in [0.717, 1.165) is 38.9 Å². The number of fused-ring (bicyclic) bond motifs is 2. The van der Waals surface area contributed by atoms with Crippen molar-refractivity contribution < 1.29 is 9.53 Å². The summed E-state index contributed by atoms with van der Waals surface area (Å²) in [5, 5.41) is 5.02. The largest absolute Gasteiger partial charge is 0.456 e. The van der Waals surface area contributed by atoms with E-state index in [9.17, 15) is 4.79 Å². The summed E-state index contributed by atoms with van der Waals surface area (Å²) < 4.78 is 8.90. The fourth-order valence-corrected chi connectivity index (χ4v) is 5.39. The molecule has 5 rings (SSSR count). The third kappa shape index (κ3) is 3.61. The quantitative estimate of drug-likeness (QED) is 0.272. The number of benzene rings is 2. The van der Waals surface area contributed by atoms with Gasteiger partial charge in [0.1, 0.15) is 11.5 Å². The van der Waals surface area contributed by atoms with Crippen LogP contribution in [0.4, 0.5) is 0 Å². The van der Waals surface area contributed by atoms with Crippen molar-refractivity contribution in [2.75, 3.05) is 13.1 Å². The van der Waals surface area contributed by atoms with Gasteiger partial charge < -0.3 is 9.64 Å². The standard InChI is InChI=1S/C23H22IN3O2/c24-21-5-1-2-6-23(21)29-18-7-8-22-19(13-18)20(14-27(22)25-15-28)16-9-11-26-10-3-4-17(26)12-16/h1-2,5-8,13-14,16-17H,3-4,9-12H2. The number of hydrogen-bond donors (Lipinski definition) is 0. The summed E-state index contributed by atoms with van der Waals surface area (Å²) in [7, 11) is 0. The summed E-state index contributed by atoms with van der Waals surface area (Å²) >= 11 is 2.28. The Morgan fingerprint density at radius 3 is 2.90 bits per heavy atom. The van der Waals surface area contributed by atoms with Crippen LogP contribution in [-0.2, 0) is 4.79 Å². The average molecular weight is 499 g/mol. The highest BCUT2D eigenvalue weighted by molar-refractivity contribution is 14.1. The minimum Gasteiger partial charge on any atom is -0.456 e. The van der Waals surface area contributed by atoms with Gasteiger partial charge >= 0.3 is 0 Å². The van der Waals surface area contributed by atoms with Gasteiger partial charge in [-0.15, -0.1) is 0 Å². The van der Waals surface area contributed by atoms with Crippen molar-refractivity contribution in [3.63, 3.8) is 0 Å². The molecule has 2 fully saturated rings. The maximum atomic E-state index is 11.0. The third-order valence-corrected chi connectivity index (χ3v) is 7.15. The molecule has 3 heterocycles. The molecular formula is C23H22IN3O2. The summed E-state index contributed by atoms with van der Waals surface area (Å²) in [6.45, 7) is 2.39. The highest BCUT2D eigenvalue weighted by Crippen LogP contribution is 2.40. The fourth-order valence-electron chi connectivity index (χ4n) is 4.89. The molecule has 0 aliphatic carbocycles. The van der Waals surface area contributed by atoms with Crippen LogP contribution in [0.2, 0.25) is 0 Å². The number of halogens is 1. The molecule has 2 saturated heterocycles. The maximum absolute atomic E-state index is 11.0. The van der Waals surface area contributed by atoms with Crippen LogP contribution in [0.5, 0.6) is 11.5 Å². The van der Waals surface area contributed by atoms with E-state index in [2.05, 4.69) is 38.7 Å². The first kappa shape index (κ1) is 18.9. The summed E-state index contributed by atoms with van der Waals surface area (Å²) in [5.41, 5.74) is 2.19. The Morgan fingerprint density at radius 2 is 2.03 bits per heavy atom. The first-order valence-corrected chi connectivity index (χ1v) is 11.2. The minimum absolute atomic E-state index is 0.479. The number of para-hydroxylation sites is 1. The van der Waals surface area contributed by atoms with Crippen molar-refractivity contribution in [2.45, 2.75) is 37.6 Å². The van der Waals surface area contributed by atoms with Crippen LogP contribution >= 0.6 is 22.6 Å². The third-order valence-electron chi connectivity index (χ3n) is 6.26. The van der Waals surface area contributed by atoms with Crippen LogP contribution in [0.15, 0.2) is 53.8 Å². The van der Waals surface area contributed by atoms with E-state index in [0.29, 0.717) is 12.0 Å². The molecule has 3 aromatic rings. The van der Waals surface area contributed by atoms with Crippen LogP contribution in [-0.4, -0.2) is 34.8 Å². The lowest BCUT2D eigenvalue weighted by Gasteiger charge is -2.34. The van der Waals surface area contributed by atoms with Crippen LogP contribution < -0.4 is 4.74 Å². The summed E-state index contributed by atoms with van der Waals surface area (Å²) in [5.74, 6) is 2.12. The first-order valence-electron chi connectivity index (χ1n) is 10.1. The predicted octanol–water partition coefficient (Wildman–Crippen LogP) is 5.48. The lowest BCUT2D eigenvalue weighted by atomic mass is 9.85. The van der Waals surface area contributed by atoms with Gasteiger partial charge in [-0.3, -0.25) is 0 Å². The SMILES string of the molecule is O=C=Nn1cc(C2CCN3CCCC3C2)c2cc(Oc3ccccc3I)ccc21. The van der Waals surface area contributed by atoms with Crippen molar-refractivity contribution >= 4 is 39.6 Å². The van der Waals surface area contributed by atoms with Gasteiger partial charge in [-0.25, -0.2) is 9.47 Å². The molecular weight excluding hydrogens is 477 g/mol. The van der Waals surface area contributed by atoms with Crippen molar-refractivity contribution in [3.8, 4) is 11.5 Å². The van der Waals surface area contributed by atoms with Crippen molar-refractivity contribution in [1.29, 1.82) is 0 Å². The fraction of sp³-hybridized carbons (Fsp3) is 0.348. The zero-order valence-electron chi connectivity index (χ0n) is 16.1. The van der Waals surface area contributed by atoms with E-state index in [1.165, 1.54) is 31.4 Å². The number of ether oxygens (including phenoxy) is 1. The molecule has 2 aliphatic rings. The number of rotatable bonds is 4. The number of nitrogens with zero attached hydrogens (tertiary/aromatic N) is 3. The van der Waals surface area contributed by atoms with Gasteiger partial charge in [0.2, 0.25) is 0 Å². The molecule has 148 valence electrons. The average Bonchev–Trinajstić information content (AvgIpc) is 3.34. The predicted molar refractivity (Wildman–Crippen MR) is 121 cm³/mol. The van der Waals surface area contributed by atoms with Gasteiger partial charge in [0, 0.05) is 17.6 Å². The van der Waals surface area contributed by atoms with Crippen LogP contribution in [0, 0.1) is 3.57 Å². The van der Waals surface area contributed by atoms with Gasteiger partial charge in [0.25, 0.3) is 6.08 Å². The van der Waals surface area contributed by atoms with Crippen LogP contribution in [0.1, 0.15) is 37.2 Å². The van der Waals surface area contributed by atoms with E-state index in [1.807, 2.05) is 42.6 Å². The van der Waals surface area contributed by atoms with E-state index >= 15 is 0 Å². The molecule has 2 atom stereocenters. The number of carbonyl (C=O) groups excluding carboxylic acids is 1. The van der Waals surface area contributed by atoms with Crippen molar-refractivity contribution in [3.05, 3.63) is 57.8 Å². The lowest BCUT2D eigenvalue weighted by Crippen LogP contribution is -2.37. The van der Waals surface area contributed by atoms with Gasteiger partial charge in [-0.05, 0) is 103 Å². The van der Waals surface area contributed by atoms with Gasteiger partial charge in [0.05, 0.1) is 9.09 Å². The Bertz CT molecular complexity index is 1100.